The van der Waals surface area contributed by atoms with E-state index in [9.17, 15) is 14.4 Å². The van der Waals surface area contributed by atoms with Crippen LogP contribution in [0.3, 0.4) is 0 Å². The number of hydrogen-bond acceptors (Lipinski definition) is 7. The van der Waals surface area contributed by atoms with Gasteiger partial charge in [-0.15, -0.1) is 23.1 Å². The summed E-state index contributed by atoms with van der Waals surface area (Å²) in [5.41, 5.74) is 4.80. The third-order valence-corrected chi connectivity index (χ3v) is 7.34. The summed E-state index contributed by atoms with van der Waals surface area (Å²) in [5.74, 6) is -1.16. The number of ether oxygens (including phenoxy) is 2. The molecule has 3 rings (SSSR count). The van der Waals surface area contributed by atoms with Gasteiger partial charge in [0.15, 0.2) is 11.7 Å². The maximum atomic E-state index is 13.1. The van der Waals surface area contributed by atoms with Crippen molar-refractivity contribution in [3.8, 4) is 0 Å². The zero-order valence-electron chi connectivity index (χ0n) is 17.6. The molecule has 3 atom stereocenters. The van der Waals surface area contributed by atoms with Gasteiger partial charge < -0.3 is 15.2 Å². The van der Waals surface area contributed by atoms with Crippen molar-refractivity contribution in [3.63, 3.8) is 0 Å². The Kier molecular flexibility index (Phi) is 6.60. The molecule has 6 nitrogen and oxygen atoms in total. The first-order valence-corrected chi connectivity index (χ1v) is 11.7. The summed E-state index contributed by atoms with van der Waals surface area (Å²) in [6.07, 6.45) is -0.749. The molecule has 8 heteroatoms. The number of amides is 1. The van der Waals surface area contributed by atoms with Crippen molar-refractivity contribution in [2.45, 2.75) is 56.8 Å². The molecule has 2 aromatic rings. The van der Waals surface area contributed by atoms with Crippen molar-refractivity contribution in [1.29, 1.82) is 0 Å². The Morgan fingerprint density at radius 1 is 1.37 bits per heavy atom. The second-order valence-electron chi connectivity index (χ2n) is 8.86. The van der Waals surface area contributed by atoms with Crippen LogP contribution in [-0.2, 0) is 29.6 Å². The fourth-order valence-corrected chi connectivity index (χ4v) is 5.85. The van der Waals surface area contributed by atoms with Crippen LogP contribution in [-0.4, -0.2) is 41.2 Å². The van der Waals surface area contributed by atoms with Crippen molar-refractivity contribution < 1.29 is 23.9 Å². The number of carbonyl (C=O) groups is 3. The number of carbonyl (C=O) groups excluding carboxylic acids is 3. The summed E-state index contributed by atoms with van der Waals surface area (Å²) in [6, 6.07) is 8.16. The summed E-state index contributed by atoms with van der Waals surface area (Å²) in [6.45, 7) is 7.23. The lowest BCUT2D eigenvalue weighted by Crippen LogP contribution is -2.52. The lowest BCUT2D eigenvalue weighted by atomic mass is 9.90. The zero-order valence-corrected chi connectivity index (χ0v) is 19.2. The Morgan fingerprint density at radius 2 is 2.07 bits per heavy atom. The topological polar surface area (TPSA) is 95.7 Å². The Balaban J connectivity index is 1.76. The Morgan fingerprint density at radius 3 is 2.73 bits per heavy atom. The van der Waals surface area contributed by atoms with Crippen LogP contribution < -0.4 is 5.73 Å². The van der Waals surface area contributed by atoms with E-state index in [2.05, 4.69) is 17.5 Å². The van der Waals surface area contributed by atoms with E-state index in [-0.39, 0.29) is 12.0 Å². The van der Waals surface area contributed by atoms with E-state index >= 15 is 0 Å². The van der Waals surface area contributed by atoms with Gasteiger partial charge in [0.25, 0.3) is 5.91 Å². The van der Waals surface area contributed by atoms with Crippen LogP contribution in [0.1, 0.15) is 39.7 Å². The number of primary amides is 1. The standard InChI is InChI=1S/C22H27NO5S2/c1-21(2,3)9-17(30-12-13-11-29-16-8-6-5-7-14(13)16)19(25)28-18-15(24)10-27-22(18,4)20(23)26/h5-8,11,17-18H,9-10,12H2,1-4H3,(H2,23,26). The fourth-order valence-electron chi connectivity index (χ4n) is 3.35. The van der Waals surface area contributed by atoms with Crippen molar-refractivity contribution in [1.82, 2.24) is 0 Å². The number of ketones is 1. The van der Waals surface area contributed by atoms with Gasteiger partial charge in [-0.25, -0.2) is 0 Å². The zero-order chi connectivity index (χ0) is 22.1. The van der Waals surface area contributed by atoms with Crippen molar-refractivity contribution in [2.24, 2.45) is 11.1 Å². The van der Waals surface area contributed by atoms with Gasteiger partial charge in [-0.1, -0.05) is 39.0 Å². The second-order valence-corrected chi connectivity index (χ2v) is 11.0. The van der Waals surface area contributed by atoms with E-state index in [0.717, 1.165) is 5.56 Å². The van der Waals surface area contributed by atoms with Gasteiger partial charge in [-0.2, -0.15) is 0 Å². The Hall–Kier alpha value is -1.90. The quantitative estimate of drug-likeness (QED) is 0.648. The van der Waals surface area contributed by atoms with Gasteiger partial charge >= 0.3 is 5.97 Å². The molecule has 1 aromatic heterocycles. The molecular weight excluding hydrogens is 422 g/mol. The monoisotopic (exact) mass is 449 g/mol. The molecule has 0 bridgehead atoms. The summed E-state index contributed by atoms with van der Waals surface area (Å²) >= 11 is 3.16. The Labute approximate surface area is 184 Å². The van der Waals surface area contributed by atoms with E-state index in [1.165, 1.54) is 28.8 Å². The van der Waals surface area contributed by atoms with Crippen LogP contribution in [0, 0.1) is 5.41 Å². The number of thiophene rings is 1. The molecule has 162 valence electrons. The number of Topliss-reactive ketones (excluding diaryl/α,β-unsaturated/α-hetero) is 1. The molecular formula is C22H27NO5S2. The minimum absolute atomic E-state index is 0.128. The molecule has 2 heterocycles. The highest BCUT2D eigenvalue weighted by Gasteiger charge is 2.53. The van der Waals surface area contributed by atoms with Gasteiger partial charge in [0.05, 0.1) is 0 Å². The predicted octanol–water partition coefficient (Wildman–Crippen LogP) is 3.69. The second kappa shape index (κ2) is 8.69. The minimum Gasteiger partial charge on any atom is -0.450 e. The van der Waals surface area contributed by atoms with Crippen molar-refractivity contribution in [3.05, 3.63) is 35.2 Å². The third-order valence-electron chi connectivity index (χ3n) is 5.09. The molecule has 1 aliphatic heterocycles. The molecule has 0 spiro atoms. The normalized spacial score (nSPS) is 22.9. The predicted molar refractivity (Wildman–Crippen MR) is 119 cm³/mol. The first kappa shape index (κ1) is 22.8. The maximum absolute atomic E-state index is 13.1. The summed E-state index contributed by atoms with van der Waals surface area (Å²) in [4.78, 5) is 37.1. The van der Waals surface area contributed by atoms with Crippen LogP contribution in [0.15, 0.2) is 29.6 Å². The fraction of sp³-hybridized carbons (Fsp3) is 0.500. The number of hydrogen-bond donors (Lipinski definition) is 1. The summed E-state index contributed by atoms with van der Waals surface area (Å²) in [5, 5.41) is 2.79. The molecule has 1 fully saturated rings. The van der Waals surface area contributed by atoms with Gasteiger partial charge in [-0.05, 0) is 41.2 Å². The van der Waals surface area contributed by atoms with E-state index in [4.69, 9.17) is 15.2 Å². The molecule has 0 saturated carbocycles. The highest BCUT2D eigenvalue weighted by Crippen LogP contribution is 2.35. The molecule has 1 aliphatic rings. The van der Waals surface area contributed by atoms with E-state index in [1.54, 1.807) is 11.3 Å². The van der Waals surface area contributed by atoms with Gasteiger partial charge in [0, 0.05) is 10.5 Å². The third kappa shape index (κ3) is 4.87. The van der Waals surface area contributed by atoms with E-state index < -0.39 is 34.6 Å². The van der Waals surface area contributed by atoms with Crippen LogP contribution in [0.2, 0.25) is 0 Å². The largest absolute Gasteiger partial charge is 0.450 e. The number of nitrogens with two attached hydrogens (primary N) is 1. The lowest BCUT2D eigenvalue weighted by molar-refractivity contribution is -0.165. The number of esters is 1. The molecule has 1 saturated heterocycles. The van der Waals surface area contributed by atoms with Crippen LogP contribution in [0.5, 0.6) is 0 Å². The summed E-state index contributed by atoms with van der Waals surface area (Å²) in [7, 11) is 0. The number of thioether (sulfide) groups is 1. The molecule has 2 N–H and O–H groups in total. The Bertz CT molecular complexity index is 964. The maximum Gasteiger partial charge on any atom is 0.319 e. The highest BCUT2D eigenvalue weighted by molar-refractivity contribution is 7.99. The molecule has 1 amide bonds. The molecule has 3 unspecified atom stereocenters. The van der Waals surface area contributed by atoms with Crippen LogP contribution in [0.4, 0.5) is 0 Å². The average molecular weight is 450 g/mol. The SMILES string of the molecule is CC(C)(C)CC(SCc1csc2ccccc12)C(=O)OC1C(=O)COC1(C)C(N)=O. The van der Waals surface area contributed by atoms with Gasteiger partial charge in [0.1, 0.15) is 11.9 Å². The summed E-state index contributed by atoms with van der Waals surface area (Å²) < 4.78 is 12.0. The van der Waals surface area contributed by atoms with Crippen LogP contribution in [0.25, 0.3) is 10.1 Å². The van der Waals surface area contributed by atoms with E-state index in [0.29, 0.717) is 12.2 Å². The highest BCUT2D eigenvalue weighted by atomic mass is 32.2. The number of rotatable bonds is 7. The van der Waals surface area contributed by atoms with Gasteiger partial charge in [-0.3, -0.25) is 14.4 Å². The van der Waals surface area contributed by atoms with Crippen LogP contribution >= 0.6 is 23.1 Å². The number of benzene rings is 1. The first-order chi connectivity index (χ1) is 14.0. The number of fused-ring (bicyclic) bond motifs is 1. The lowest BCUT2D eigenvalue weighted by Gasteiger charge is -2.29. The van der Waals surface area contributed by atoms with Gasteiger partial charge in [0.2, 0.25) is 5.78 Å². The van der Waals surface area contributed by atoms with Crippen molar-refractivity contribution >= 4 is 50.8 Å². The van der Waals surface area contributed by atoms with Crippen molar-refractivity contribution in [2.75, 3.05) is 6.61 Å². The molecule has 30 heavy (non-hydrogen) atoms. The van der Waals surface area contributed by atoms with E-state index in [1.807, 2.05) is 32.9 Å². The molecule has 0 aliphatic carbocycles. The molecule has 0 radical (unpaired) electrons. The minimum atomic E-state index is -1.63. The smallest absolute Gasteiger partial charge is 0.319 e. The first-order valence-electron chi connectivity index (χ1n) is 9.75. The average Bonchev–Trinajstić information content (AvgIpc) is 3.21. The molecule has 1 aromatic carbocycles.